The van der Waals surface area contributed by atoms with Crippen molar-refractivity contribution in [1.82, 2.24) is 14.5 Å². The van der Waals surface area contributed by atoms with Crippen LogP contribution in [0.2, 0.25) is 19.6 Å². The van der Waals surface area contributed by atoms with Crippen LogP contribution in [0, 0.1) is 6.07 Å². The number of pyridine rings is 1. The zero-order chi connectivity index (χ0) is 40.6. The Balaban J connectivity index is 0.00000462. The molecule has 1 aliphatic rings. The Morgan fingerprint density at radius 1 is 0.667 bits per heavy atom. The molecule has 298 valence electrons. The van der Waals surface area contributed by atoms with Gasteiger partial charge >= 0.3 is 0 Å². The van der Waals surface area contributed by atoms with E-state index >= 15 is 0 Å². The molecule has 1 N–H and O–H groups in total. The van der Waals surface area contributed by atoms with E-state index in [1.807, 2.05) is 24.4 Å². The van der Waals surface area contributed by atoms with Gasteiger partial charge in [-0.05, 0) is 75.5 Å². The van der Waals surface area contributed by atoms with E-state index in [1.165, 1.54) is 5.19 Å². The summed E-state index contributed by atoms with van der Waals surface area (Å²) in [6.07, 6.45) is 1.88. The zero-order valence-corrected chi connectivity index (χ0v) is 37.7. The van der Waals surface area contributed by atoms with Gasteiger partial charge in [-0.25, -0.2) is 4.98 Å². The summed E-state index contributed by atoms with van der Waals surface area (Å²) in [6.45, 7) is 13.7. The van der Waals surface area contributed by atoms with Crippen molar-refractivity contribution in [2.24, 2.45) is 0 Å². The number of para-hydroxylation sites is 2. The van der Waals surface area contributed by atoms with Crippen LogP contribution < -0.4 is 9.92 Å². The molecular weight excluding hydrogens is 934 g/mol. The Bertz CT molecular complexity index is 3110. The molecule has 0 fully saturated rings. The molecule has 3 heterocycles. The Hall–Kier alpha value is -6.07. The largest absolute Gasteiger partial charge is 0.507 e. The summed E-state index contributed by atoms with van der Waals surface area (Å²) in [6, 6.07) is 54.3. The fourth-order valence-corrected chi connectivity index (χ4v) is 9.51. The Morgan fingerprint density at radius 2 is 1.42 bits per heavy atom. The quantitative estimate of drug-likeness (QED) is 0.133. The number of nitrogens with zero attached hydrogens (tertiary/aromatic N) is 3. The van der Waals surface area contributed by atoms with E-state index in [0.717, 1.165) is 83.4 Å². The molecule has 0 aliphatic carbocycles. The molecule has 0 spiro atoms. The predicted octanol–water partition coefficient (Wildman–Crippen LogP) is 13.4. The molecule has 10 rings (SSSR count). The van der Waals surface area contributed by atoms with E-state index in [9.17, 15) is 5.11 Å². The van der Waals surface area contributed by atoms with Gasteiger partial charge in [-0.2, -0.15) is 0 Å². The summed E-state index contributed by atoms with van der Waals surface area (Å²) < 4.78 is 8.90. The second kappa shape index (κ2) is 14.9. The first-order chi connectivity index (χ1) is 28.4. The van der Waals surface area contributed by atoms with Crippen molar-refractivity contribution < 1.29 is 30.9 Å². The second-order valence-electron chi connectivity index (χ2n) is 17.6. The van der Waals surface area contributed by atoms with E-state index in [-0.39, 0.29) is 32.2 Å². The summed E-state index contributed by atoms with van der Waals surface area (Å²) >= 11 is 0. The van der Waals surface area contributed by atoms with Crippen LogP contribution in [0.4, 0.5) is 0 Å². The summed E-state index contributed by atoms with van der Waals surface area (Å²) in [5.74, 6) is 2.34. The molecule has 1 aliphatic heterocycles. The van der Waals surface area contributed by atoms with Crippen LogP contribution in [0.15, 0.2) is 152 Å². The number of rotatable bonds is 6. The van der Waals surface area contributed by atoms with E-state index < -0.39 is 8.07 Å². The molecule has 0 saturated carbocycles. The van der Waals surface area contributed by atoms with Gasteiger partial charge in [-0.3, -0.25) is 9.55 Å². The molecule has 9 aromatic rings. The minimum atomic E-state index is -1.41. The maximum Gasteiger partial charge on any atom is 0.148 e. The number of hydrogen-bond acceptors (Lipinski definition) is 4. The van der Waals surface area contributed by atoms with Crippen LogP contribution in [-0.4, -0.2) is 27.7 Å². The van der Waals surface area contributed by atoms with E-state index in [4.69, 9.17) is 14.7 Å². The smallest absolute Gasteiger partial charge is 0.148 e. The van der Waals surface area contributed by atoms with Crippen LogP contribution in [0.25, 0.3) is 83.5 Å². The first-order valence-corrected chi connectivity index (χ1v) is 23.7. The van der Waals surface area contributed by atoms with Gasteiger partial charge in [0.2, 0.25) is 0 Å². The summed E-state index contributed by atoms with van der Waals surface area (Å²) in [7, 11) is -1.41. The van der Waals surface area contributed by atoms with Gasteiger partial charge in [0.1, 0.15) is 17.3 Å². The van der Waals surface area contributed by atoms with Crippen molar-refractivity contribution >= 4 is 35.1 Å². The number of phenols is 1. The van der Waals surface area contributed by atoms with Crippen molar-refractivity contribution in [2.75, 3.05) is 0 Å². The van der Waals surface area contributed by atoms with Crippen LogP contribution >= 0.6 is 0 Å². The van der Waals surface area contributed by atoms with Crippen LogP contribution in [-0.2, 0) is 26.5 Å². The van der Waals surface area contributed by atoms with Gasteiger partial charge in [0.25, 0.3) is 0 Å². The van der Waals surface area contributed by atoms with Crippen LogP contribution in [0.3, 0.4) is 0 Å². The standard InChI is InChI=1S/C53H44N3O2Si.Pt/c1-53(2,3)38-22-25-46(57)42(32-38)52-55-50-41(16-12-18-45(50)56(52)44-17-11-10-15-40(44)34-13-8-7-9-14-34)35-21-26-47-43(30-35)51-49-36(27-28-54-51)29-37(31-48(49)58-47)33-19-23-39(24-20-33)59(4,5)6;/h7-29,31-32,57H,1-6H3;/q-1;. The third-order valence-corrected chi connectivity index (χ3v) is 13.6. The first kappa shape index (κ1) is 39.4. The number of ether oxygens (including phenoxy) is 1. The van der Waals surface area contributed by atoms with Crippen molar-refractivity contribution in [1.29, 1.82) is 0 Å². The summed E-state index contributed by atoms with van der Waals surface area (Å²) in [5, 5.41) is 15.0. The van der Waals surface area contributed by atoms with Gasteiger partial charge in [0.05, 0.1) is 36.1 Å². The topological polar surface area (TPSA) is 60.2 Å². The Kier molecular flexibility index (Phi) is 9.77. The normalized spacial score (nSPS) is 12.2. The SMILES string of the molecule is CC(C)(C)c1ccc(O)c(-c2nc3c(-c4[c-]c5c(cc4)Oc4cc(-c6ccc([Si](C)(C)C)cc6)cc6ccnc-5c46)cccc3n2-c2ccccc2-c2ccccc2)c1.[Pt]. The molecule has 2 aromatic heterocycles. The van der Waals surface area contributed by atoms with Gasteiger partial charge in [-0.15, -0.1) is 17.7 Å². The molecule has 0 bridgehead atoms. The number of aromatic hydroxyl groups is 1. The third-order valence-electron chi connectivity index (χ3n) is 11.6. The Morgan fingerprint density at radius 3 is 2.18 bits per heavy atom. The fourth-order valence-electron chi connectivity index (χ4n) is 8.35. The number of phenolic OH excluding ortho intramolecular Hbond substituents is 1. The molecular formula is C53H44N3O2PtSi-. The maximum atomic E-state index is 11.6. The average molecular weight is 978 g/mol. The molecule has 7 heteroatoms. The zero-order valence-electron chi connectivity index (χ0n) is 34.4. The number of hydrogen-bond donors (Lipinski definition) is 1. The van der Waals surface area contributed by atoms with Crippen molar-refractivity contribution in [2.45, 2.75) is 45.8 Å². The van der Waals surface area contributed by atoms with Gasteiger partial charge in [0, 0.05) is 43.9 Å². The van der Waals surface area contributed by atoms with Crippen molar-refractivity contribution in [3.63, 3.8) is 0 Å². The number of fused-ring (bicyclic) bond motifs is 3. The first-order valence-electron chi connectivity index (χ1n) is 20.2. The summed E-state index contributed by atoms with van der Waals surface area (Å²) in [4.78, 5) is 10.4. The van der Waals surface area contributed by atoms with Crippen LogP contribution in [0.5, 0.6) is 17.2 Å². The molecule has 0 unspecified atom stereocenters. The average Bonchev–Trinajstić information content (AvgIpc) is 3.63. The maximum absolute atomic E-state index is 11.6. The molecule has 5 nitrogen and oxygen atoms in total. The predicted molar refractivity (Wildman–Crippen MR) is 246 cm³/mol. The van der Waals surface area contributed by atoms with E-state index in [1.54, 1.807) is 6.07 Å². The van der Waals surface area contributed by atoms with Crippen molar-refractivity contribution in [3.8, 4) is 79.0 Å². The molecule has 0 amide bonds. The molecule has 0 saturated heterocycles. The third kappa shape index (κ3) is 6.78. The minimum Gasteiger partial charge on any atom is -0.507 e. The number of benzene rings is 7. The molecule has 7 aromatic carbocycles. The van der Waals surface area contributed by atoms with Gasteiger partial charge in [-0.1, -0.05) is 154 Å². The van der Waals surface area contributed by atoms with Crippen LogP contribution in [0.1, 0.15) is 26.3 Å². The van der Waals surface area contributed by atoms with E-state index in [2.05, 4.69) is 172 Å². The van der Waals surface area contributed by atoms with Gasteiger partial charge < -0.3 is 9.84 Å². The fraction of sp³-hybridized carbons (Fsp3) is 0.132. The molecule has 0 atom stereocenters. The number of aromatic nitrogens is 3. The summed E-state index contributed by atoms with van der Waals surface area (Å²) in [5.41, 5.74) is 12.2. The Labute approximate surface area is 366 Å². The number of imidazole rings is 1. The second-order valence-corrected chi connectivity index (χ2v) is 22.7. The monoisotopic (exact) mass is 977 g/mol. The molecule has 0 radical (unpaired) electrons. The van der Waals surface area contributed by atoms with Gasteiger partial charge in [0.15, 0.2) is 0 Å². The molecule has 60 heavy (non-hydrogen) atoms. The van der Waals surface area contributed by atoms with Crippen molar-refractivity contribution in [3.05, 3.63) is 163 Å². The minimum absolute atomic E-state index is 0. The van der Waals surface area contributed by atoms with E-state index in [0.29, 0.717) is 17.1 Å².